The highest BCUT2D eigenvalue weighted by Crippen LogP contribution is 2.32. The molecule has 2 aliphatic rings. The zero-order valence-corrected chi connectivity index (χ0v) is 15.8. The lowest BCUT2D eigenvalue weighted by molar-refractivity contribution is 0.0472. The Morgan fingerprint density at radius 2 is 1.97 bits per heavy atom. The number of carbonyl (C=O) groups excluding carboxylic acids is 1. The van der Waals surface area contributed by atoms with E-state index < -0.39 is 5.97 Å². The summed E-state index contributed by atoms with van der Waals surface area (Å²) >= 11 is 0. The molecular formula is C22H20N2O5. The summed E-state index contributed by atoms with van der Waals surface area (Å²) in [6.07, 6.45) is 3.89. The Morgan fingerprint density at radius 3 is 2.90 bits per heavy atom. The molecular weight excluding hydrogens is 372 g/mol. The molecule has 0 N–H and O–H groups in total. The minimum absolute atomic E-state index is 0.0350. The van der Waals surface area contributed by atoms with Crippen LogP contribution < -0.4 is 15.0 Å². The van der Waals surface area contributed by atoms with Crippen molar-refractivity contribution in [2.24, 2.45) is 0 Å². The van der Waals surface area contributed by atoms with Crippen LogP contribution in [0.3, 0.4) is 0 Å². The van der Waals surface area contributed by atoms with Crippen LogP contribution in [0, 0.1) is 0 Å². The smallest absolute Gasteiger partial charge is 0.338 e. The molecule has 0 bridgehead atoms. The van der Waals surface area contributed by atoms with E-state index in [-0.39, 0.29) is 19.0 Å². The predicted molar refractivity (Wildman–Crippen MR) is 105 cm³/mol. The second-order valence-electron chi connectivity index (χ2n) is 7.29. The van der Waals surface area contributed by atoms with Gasteiger partial charge in [-0.25, -0.2) is 9.78 Å². The van der Waals surface area contributed by atoms with Gasteiger partial charge in [-0.05, 0) is 48.7 Å². The van der Waals surface area contributed by atoms with Gasteiger partial charge in [0.1, 0.15) is 12.4 Å². The number of benzene rings is 2. The first-order valence-corrected chi connectivity index (χ1v) is 9.78. The van der Waals surface area contributed by atoms with Crippen molar-refractivity contribution in [3.05, 3.63) is 63.7 Å². The van der Waals surface area contributed by atoms with Gasteiger partial charge in [-0.2, -0.15) is 0 Å². The van der Waals surface area contributed by atoms with E-state index in [0.29, 0.717) is 34.5 Å². The number of carbonyl (C=O) groups is 1. The number of ether oxygens (including phenoxy) is 3. The molecule has 0 atom stereocenters. The molecule has 29 heavy (non-hydrogen) atoms. The molecule has 0 radical (unpaired) electrons. The Kier molecular flexibility index (Phi) is 4.42. The minimum atomic E-state index is -0.457. The summed E-state index contributed by atoms with van der Waals surface area (Å²) in [5.41, 5.74) is 1.70. The number of fused-ring (bicyclic) bond motifs is 3. The second-order valence-corrected chi connectivity index (χ2v) is 7.29. The molecule has 0 aliphatic carbocycles. The van der Waals surface area contributed by atoms with Crippen LogP contribution >= 0.6 is 0 Å². The molecule has 7 nitrogen and oxygen atoms in total. The van der Waals surface area contributed by atoms with Gasteiger partial charge >= 0.3 is 5.97 Å². The van der Waals surface area contributed by atoms with E-state index in [1.54, 1.807) is 34.9 Å². The third-order valence-electron chi connectivity index (χ3n) is 5.36. The first-order chi connectivity index (χ1) is 14.2. The fourth-order valence-electron chi connectivity index (χ4n) is 3.81. The molecule has 5 rings (SSSR count). The average Bonchev–Trinajstić information content (AvgIpc) is 3.08. The Bertz CT molecular complexity index is 1170. The molecule has 148 valence electrons. The third-order valence-corrected chi connectivity index (χ3v) is 5.36. The minimum Gasteiger partial charge on any atom is -0.457 e. The maximum absolute atomic E-state index is 12.8. The lowest BCUT2D eigenvalue weighted by Crippen LogP contribution is -2.24. The lowest BCUT2D eigenvalue weighted by atomic mass is 10.1. The van der Waals surface area contributed by atoms with Crippen LogP contribution in [-0.4, -0.2) is 22.3 Å². The zero-order chi connectivity index (χ0) is 19.8. The van der Waals surface area contributed by atoms with E-state index in [9.17, 15) is 9.59 Å². The maximum Gasteiger partial charge on any atom is 0.338 e. The highest BCUT2D eigenvalue weighted by atomic mass is 16.7. The number of hydrogen-bond acceptors (Lipinski definition) is 6. The number of rotatable bonds is 3. The van der Waals surface area contributed by atoms with Crippen molar-refractivity contribution in [2.45, 2.75) is 38.8 Å². The summed E-state index contributed by atoms with van der Waals surface area (Å²) in [6, 6.07) is 10.4. The number of nitrogens with zero attached hydrogens (tertiary/aromatic N) is 2. The molecule has 0 saturated heterocycles. The topological polar surface area (TPSA) is 79.7 Å². The van der Waals surface area contributed by atoms with Crippen molar-refractivity contribution in [3.8, 4) is 11.5 Å². The van der Waals surface area contributed by atoms with Crippen LogP contribution in [-0.2, 0) is 24.3 Å². The Morgan fingerprint density at radius 1 is 1.07 bits per heavy atom. The number of esters is 1. The van der Waals surface area contributed by atoms with Crippen molar-refractivity contribution >= 4 is 16.9 Å². The summed E-state index contributed by atoms with van der Waals surface area (Å²) in [5.74, 6) is 1.67. The van der Waals surface area contributed by atoms with Gasteiger partial charge < -0.3 is 14.2 Å². The molecule has 0 spiro atoms. The summed E-state index contributed by atoms with van der Waals surface area (Å²) in [4.78, 5) is 30.0. The number of aromatic nitrogens is 2. The SMILES string of the molecule is O=C(OCc1ccc2c(c1)OCO2)c1ccc2c(=O)n3c(nc2c1)CCCCC3. The van der Waals surface area contributed by atoms with Crippen LogP contribution in [0.4, 0.5) is 0 Å². The van der Waals surface area contributed by atoms with Gasteiger partial charge in [0, 0.05) is 13.0 Å². The van der Waals surface area contributed by atoms with E-state index in [0.717, 1.165) is 37.1 Å². The Balaban J connectivity index is 1.38. The molecule has 1 aromatic heterocycles. The standard InChI is InChI=1S/C22H20N2O5/c25-21-16-7-6-15(11-17(16)23-20-4-2-1-3-9-24(20)21)22(26)27-12-14-5-8-18-19(10-14)29-13-28-18/h5-8,10-11H,1-4,9,12-13H2. The molecule has 0 unspecified atom stereocenters. The van der Waals surface area contributed by atoms with Gasteiger partial charge in [-0.3, -0.25) is 9.36 Å². The predicted octanol–water partition coefficient (Wildman–Crippen LogP) is 3.21. The first kappa shape index (κ1) is 17.7. The second kappa shape index (κ2) is 7.24. The van der Waals surface area contributed by atoms with Gasteiger partial charge in [0.2, 0.25) is 6.79 Å². The van der Waals surface area contributed by atoms with Gasteiger partial charge in [0.15, 0.2) is 11.5 Å². The normalized spacial score (nSPS) is 15.0. The summed E-state index contributed by atoms with van der Waals surface area (Å²) in [5, 5.41) is 0.531. The van der Waals surface area contributed by atoms with Crippen molar-refractivity contribution in [1.82, 2.24) is 9.55 Å². The molecule has 0 saturated carbocycles. The van der Waals surface area contributed by atoms with Crippen LogP contribution in [0.2, 0.25) is 0 Å². The average molecular weight is 392 g/mol. The maximum atomic E-state index is 12.8. The summed E-state index contributed by atoms with van der Waals surface area (Å²) in [6.45, 7) is 1.02. The first-order valence-electron chi connectivity index (χ1n) is 9.78. The lowest BCUT2D eigenvalue weighted by Gasteiger charge is -2.11. The van der Waals surface area contributed by atoms with Crippen LogP contribution in [0.15, 0.2) is 41.2 Å². The molecule has 2 aliphatic heterocycles. The largest absolute Gasteiger partial charge is 0.457 e. The van der Waals surface area contributed by atoms with Gasteiger partial charge in [-0.15, -0.1) is 0 Å². The Labute approximate surface area is 166 Å². The van der Waals surface area contributed by atoms with E-state index in [1.807, 2.05) is 6.07 Å². The third kappa shape index (κ3) is 3.33. The van der Waals surface area contributed by atoms with Crippen molar-refractivity contribution < 1.29 is 19.0 Å². The van der Waals surface area contributed by atoms with Gasteiger partial charge in [0.05, 0.1) is 16.5 Å². The van der Waals surface area contributed by atoms with Crippen molar-refractivity contribution in [2.75, 3.05) is 6.79 Å². The van der Waals surface area contributed by atoms with Crippen molar-refractivity contribution in [3.63, 3.8) is 0 Å². The Hall–Kier alpha value is -3.35. The van der Waals surface area contributed by atoms with E-state index in [4.69, 9.17) is 14.2 Å². The van der Waals surface area contributed by atoms with Crippen molar-refractivity contribution in [1.29, 1.82) is 0 Å². The number of aryl methyl sites for hydroxylation is 1. The van der Waals surface area contributed by atoms with Crippen LogP contribution in [0.1, 0.15) is 41.0 Å². The highest BCUT2D eigenvalue weighted by molar-refractivity contribution is 5.94. The van der Waals surface area contributed by atoms with E-state index >= 15 is 0 Å². The fraction of sp³-hybridized carbons (Fsp3) is 0.318. The highest BCUT2D eigenvalue weighted by Gasteiger charge is 2.17. The fourth-order valence-corrected chi connectivity index (χ4v) is 3.81. The molecule has 3 heterocycles. The quantitative estimate of drug-likeness (QED) is 0.637. The van der Waals surface area contributed by atoms with Crippen LogP contribution in [0.25, 0.3) is 10.9 Å². The summed E-state index contributed by atoms with van der Waals surface area (Å²) < 4.78 is 17.8. The molecule has 2 aromatic carbocycles. The van der Waals surface area contributed by atoms with Crippen LogP contribution in [0.5, 0.6) is 11.5 Å². The van der Waals surface area contributed by atoms with E-state index in [1.165, 1.54) is 0 Å². The molecule has 0 fully saturated rings. The molecule has 0 amide bonds. The molecule has 7 heteroatoms. The van der Waals surface area contributed by atoms with Gasteiger partial charge in [0.25, 0.3) is 5.56 Å². The zero-order valence-electron chi connectivity index (χ0n) is 15.8. The summed E-state index contributed by atoms with van der Waals surface area (Å²) in [7, 11) is 0. The molecule has 3 aromatic rings. The monoisotopic (exact) mass is 392 g/mol. The number of hydrogen-bond donors (Lipinski definition) is 0. The van der Waals surface area contributed by atoms with Gasteiger partial charge in [-0.1, -0.05) is 12.5 Å². The van der Waals surface area contributed by atoms with E-state index in [2.05, 4.69) is 4.98 Å².